The molecule has 1 heterocycles. The average molecular weight is 372 g/mol. The summed E-state index contributed by atoms with van der Waals surface area (Å²) < 4.78 is 2.42. The van der Waals surface area contributed by atoms with E-state index in [0.29, 0.717) is 5.92 Å². The van der Waals surface area contributed by atoms with Gasteiger partial charge in [-0.25, -0.2) is 4.98 Å². The van der Waals surface area contributed by atoms with Crippen molar-refractivity contribution in [3.05, 3.63) is 30.1 Å². The fraction of sp³-hybridized carbons (Fsp3) is 0.652. The first-order valence-corrected chi connectivity index (χ1v) is 10.8. The molecule has 1 atom stereocenters. The molecule has 1 aromatic heterocycles. The van der Waals surface area contributed by atoms with Gasteiger partial charge in [0.05, 0.1) is 11.0 Å². The van der Waals surface area contributed by atoms with Crippen LogP contribution in [0.5, 0.6) is 0 Å². The van der Waals surface area contributed by atoms with E-state index in [9.17, 15) is 4.79 Å². The normalized spacial score (nSPS) is 12.6. The van der Waals surface area contributed by atoms with Crippen LogP contribution in [0.1, 0.15) is 72.0 Å². The Balaban J connectivity index is 1.84. The summed E-state index contributed by atoms with van der Waals surface area (Å²) in [6.07, 6.45) is 7.31. The summed E-state index contributed by atoms with van der Waals surface area (Å²) in [4.78, 5) is 16.9. The van der Waals surface area contributed by atoms with E-state index in [1.165, 1.54) is 17.8 Å². The topological polar surface area (TPSA) is 46.9 Å². The zero-order valence-electron chi connectivity index (χ0n) is 17.6. The van der Waals surface area contributed by atoms with E-state index in [4.69, 9.17) is 4.98 Å². The number of hydrogen-bond acceptors (Lipinski definition) is 2. The molecule has 0 radical (unpaired) electrons. The van der Waals surface area contributed by atoms with Crippen LogP contribution in [-0.4, -0.2) is 22.0 Å². The maximum absolute atomic E-state index is 12.0. The van der Waals surface area contributed by atoms with Crippen LogP contribution < -0.4 is 5.32 Å². The van der Waals surface area contributed by atoms with E-state index < -0.39 is 0 Å². The molecule has 1 aromatic carbocycles. The van der Waals surface area contributed by atoms with Crippen LogP contribution in [-0.2, 0) is 17.8 Å². The van der Waals surface area contributed by atoms with Gasteiger partial charge in [0.15, 0.2) is 0 Å². The molecular weight excluding hydrogens is 334 g/mol. The van der Waals surface area contributed by atoms with Crippen LogP contribution in [0.3, 0.4) is 0 Å². The number of carbonyl (C=O) groups is 1. The Morgan fingerprint density at radius 3 is 2.52 bits per heavy atom. The van der Waals surface area contributed by atoms with Gasteiger partial charge in [0.1, 0.15) is 5.82 Å². The molecule has 1 amide bonds. The fourth-order valence-electron chi connectivity index (χ4n) is 3.56. The Hall–Kier alpha value is -1.84. The molecule has 4 heteroatoms. The summed E-state index contributed by atoms with van der Waals surface area (Å²) in [5.41, 5.74) is 2.36. The molecule has 0 aliphatic heterocycles. The molecule has 1 N–H and O–H groups in total. The van der Waals surface area contributed by atoms with Crippen molar-refractivity contribution < 1.29 is 4.79 Å². The number of hydrogen-bond donors (Lipinski definition) is 1. The first-order valence-electron chi connectivity index (χ1n) is 10.8. The molecule has 0 spiro atoms. The SMILES string of the molecule is CCC(C)Cn1c(CCCCCNC(=O)C(CC)CC)nc2ccccc21. The zero-order chi connectivity index (χ0) is 19.6. The average Bonchev–Trinajstić information content (AvgIpc) is 3.02. The van der Waals surface area contributed by atoms with Crippen molar-refractivity contribution in [3.8, 4) is 0 Å². The summed E-state index contributed by atoms with van der Waals surface area (Å²) in [6, 6.07) is 8.46. The van der Waals surface area contributed by atoms with Gasteiger partial charge in [-0.15, -0.1) is 0 Å². The summed E-state index contributed by atoms with van der Waals surface area (Å²) >= 11 is 0. The van der Waals surface area contributed by atoms with E-state index in [0.717, 1.165) is 57.1 Å². The van der Waals surface area contributed by atoms with Crippen LogP contribution in [0.25, 0.3) is 11.0 Å². The van der Waals surface area contributed by atoms with Gasteiger partial charge in [-0.3, -0.25) is 4.79 Å². The maximum atomic E-state index is 12.0. The molecule has 0 aliphatic carbocycles. The first-order chi connectivity index (χ1) is 13.1. The molecular formula is C23H37N3O. The third-order valence-electron chi connectivity index (χ3n) is 5.66. The van der Waals surface area contributed by atoms with Crippen molar-refractivity contribution >= 4 is 16.9 Å². The molecule has 2 rings (SSSR count). The van der Waals surface area contributed by atoms with Gasteiger partial charge in [0.25, 0.3) is 0 Å². The Morgan fingerprint density at radius 2 is 1.81 bits per heavy atom. The van der Waals surface area contributed by atoms with E-state index in [-0.39, 0.29) is 11.8 Å². The molecule has 0 saturated heterocycles. The van der Waals surface area contributed by atoms with Gasteiger partial charge in [0.2, 0.25) is 5.91 Å². The number of nitrogens with zero attached hydrogens (tertiary/aromatic N) is 2. The molecule has 0 bridgehead atoms. The summed E-state index contributed by atoms with van der Waals surface area (Å²) in [7, 11) is 0. The Bertz CT molecular complexity index is 703. The van der Waals surface area contributed by atoms with Gasteiger partial charge in [-0.1, -0.05) is 52.7 Å². The molecule has 1 unspecified atom stereocenters. The molecule has 2 aromatic rings. The molecule has 0 aliphatic rings. The van der Waals surface area contributed by atoms with E-state index in [2.05, 4.69) is 61.8 Å². The molecule has 4 nitrogen and oxygen atoms in total. The highest BCUT2D eigenvalue weighted by Crippen LogP contribution is 2.20. The van der Waals surface area contributed by atoms with Crippen LogP contribution in [0.2, 0.25) is 0 Å². The third kappa shape index (κ3) is 6.08. The number of rotatable bonds is 12. The van der Waals surface area contributed by atoms with E-state index in [1.54, 1.807) is 0 Å². The van der Waals surface area contributed by atoms with Crippen LogP contribution in [0.4, 0.5) is 0 Å². The predicted octanol–water partition coefficient (Wildman–Crippen LogP) is 5.35. The van der Waals surface area contributed by atoms with E-state index in [1.807, 2.05) is 0 Å². The van der Waals surface area contributed by atoms with E-state index >= 15 is 0 Å². The number of fused-ring (bicyclic) bond motifs is 1. The minimum atomic E-state index is 0.172. The number of aromatic nitrogens is 2. The smallest absolute Gasteiger partial charge is 0.223 e. The number of nitrogens with one attached hydrogen (secondary N) is 1. The van der Waals surface area contributed by atoms with Crippen molar-refractivity contribution in [2.45, 2.75) is 79.2 Å². The van der Waals surface area contributed by atoms with Gasteiger partial charge in [-0.05, 0) is 43.7 Å². The molecule has 150 valence electrons. The Labute approximate surface area is 164 Å². The van der Waals surface area contributed by atoms with Crippen LogP contribution in [0.15, 0.2) is 24.3 Å². The molecule has 0 fully saturated rings. The predicted molar refractivity (Wildman–Crippen MR) is 114 cm³/mol. The second kappa shape index (κ2) is 11.1. The Kier molecular flexibility index (Phi) is 8.83. The number of carbonyl (C=O) groups excluding carboxylic acids is 1. The standard InChI is InChI=1S/C23H37N3O/c1-5-18(4)17-26-21-14-11-10-13-20(21)25-22(26)15-9-8-12-16-24-23(27)19(6-2)7-3/h10-11,13-14,18-19H,5-9,12,15-17H2,1-4H3,(H,24,27). The highest BCUT2D eigenvalue weighted by atomic mass is 16.1. The van der Waals surface area contributed by atoms with Crippen LogP contribution in [0, 0.1) is 11.8 Å². The van der Waals surface area contributed by atoms with Crippen molar-refractivity contribution in [2.24, 2.45) is 11.8 Å². The minimum Gasteiger partial charge on any atom is -0.356 e. The third-order valence-corrected chi connectivity index (χ3v) is 5.66. The first kappa shape index (κ1) is 21.5. The maximum Gasteiger partial charge on any atom is 0.223 e. The second-order valence-corrected chi connectivity index (χ2v) is 7.76. The lowest BCUT2D eigenvalue weighted by Gasteiger charge is -2.14. The number of imidazole rings is 1. The lowest BCUT2D eigenvalue weighted by atomic mass is 10.0. The fourth-order valence-corrected chi connectivity index (χ4v) is 3.56. The second-order valence-electron chi connectivity index (χ2n) is 7.76. The monoisotopic (exact) mass is 371 g/mol. The zero-order valence-corrected chi connectivity index (χ0v) is 17.6. The minimum absolute atomic E-state index is 0.172. The van der Waals surface area contributed by atoms with Gasteiger partial charge >= 0.3 is 0 Å². The number of benzene rings is 1. The van der Waals surface area contributed by atoms with Crippen molar-refractivity contribution in [3.63, 3.8) is 0 Å². The van der Waals surface area contributed by atoms with Gasteiger partial charge in [0, 0.05) is 25.4 Å². The number of unbranched alkanes of at least 4 members (excludes halogenated alkanes) is 2. The van der Waals surface area contributed by atoms with Crippen molar-refractivity contribution in [2.75, 3.05) is 6.54 Å². The van der Waals surface area contributed by atoms with Crippen molar-refractivity contribution in [1.29, 1.82) is 0 Å². The summed E-state index contributed by atoms with van der Waals surface area (Å²) in [5.74, 6) is 2.25. The number of aryl methyl sites for hydroxylation is 1. The van der Waals surface area contributed by atoms with Crippen LogP contribution >= 0.6 is 0 Å². The summed E-state index contributed by atoms with van der Waals surface area (Å²) in [5, 5.41) is 3.09. The van der Waals surface area contributed by atoms with Crippen molar-refractivity contribution in [1.82, 2.24) is 14.9 Å². The molecule has 0 saturated carbocycles. The lowest BCUT2D eigenvalue weighted by Crippen LogP contribution is -2.30. The lowest BCUT2D eigenvalue weighted by molar-refractivity contribution is -0.125. The Morgan fingerprint density at radius 1 is 1.07 bits per heavy atom. The number of amides is 1. The van der Waals surface area contributed by atoms with Gasteiger partial charge < -0.3 is 9.88 Å². The largest absolute Gasteiger partial charge is 0.356 e. The summed E-state index contributed by atoms with van der Waals surface area (Å²) in [6.45, 7) is 10.6. The highest BCUT2D eigenvalue weighted by molar-refractivity contribution is 5.78. The number of para-hydroxylation sites is 2. The molecule has 27 heavy (non-hydrogen) atoms. The van der Waals surface area contributed by atoms with Gasteiger partial charge in [-0.2, -0.15) is 0 Å². The highest BCUT2D eigenvalue weighted by Gasteiger charge is 2.14. The quantitative estimate of drug-likeness (QED) is 0.511.